The second-order valence-corrected chi connectivity index (χ2v) is 6.76. The molecule has 0 aliphatic rings. The maximum absolute atomic E-state index is 2.56. The summed E-state index contributed by atoms with van der Waals surface area (Å²) in [5.41, 5.74) is 1.39. The highest BCUT2D eigenvalue weighted by Gasteiger charge is 2.16. The van der Waals surface area contributed by atoms with E-state index in [9.17, 15) is 0 Å². The summed E-state index contributed by atoms with van der Waals surface area (Å²) in [7, 11) is 0. The van der Waals surface area contributed by atoms with Crippen molar-refractivity contribution in [3.8, 4) is 0 Å². The Hall–Kier alpha value is -1.05. The smallest absolute Gasteiger partial charge is 0.171 e. The normalized spacial score (nSPS) is 12.3. The molecule has 1 heterocycles. The molecule has 1 rings (SSSR count). The van der Waals surface area contributed by atoms with Gasteiger partial charge in [-0.2, -0.15) is 0 Å². The lowest BCUT2D eigenvalue weighted by Crippen LogP contribution is -2.39. The van der Waals surface area contributed by atoms with Crippen LogP contribution in [-0.4, -0.2) is 13.1 Å². The number of hydrogen-bond acceptors (Lipinski definition) is 1. The van der Waals surface area contributed by atoms with E-state index in [1.165, 1.54) is 76.6 Å². The molecule has 2 heteroatoms. The van der Waals surface area contributed by atoms with Crippen LogP contribution in [0.4, 0.5) is 5.69 Å². The lowest BCUT2D eigenvalue weighted by atomic mass is 10.1. The third-order valence-electron chi connectivity index (χ3n) is 4.80. The van der Waals surface area contributed by atoms with Crippen LogP contribution in [0.25, 0.3) is 0 Å². The van der Waals surface area contributed by atoms with Crippen molar-refractivity contribution in [2.45, 2.75) is 91.5 Å². The Morgan fingerprint density at radius 3 is 1.87 bits per heavy atom. The molecule has 2 nitrogen and oxygen atoms in total. The first-order chi connectivity index (χ1) is 11.3. The minimum Gasteiger partial charge on any atom is -0.371 e. The molecule has 0 fully saturated rings. The Morgan fingerprint density at radius 2 is 1.39 bits per heavy atom. The van der Waals surface area contributed by atoms with Gasteiger partial charge in [0.15, 0.2) is 18.4 Å². The summed E-state index contributed by atoms with van der Waals surface area (Å²) in [6.07, 6.45) is 16.3. The van der Waals surface area contributed by atoms with Crippen molar-refractivity contribution in [3.63, 3.8) is 0 Å². The Balaban J connectivity index is 2.69. The summed E-state index contributed by atoms with van der Waals surface area (Å²) >= 11 is 0. The zero-order valence-electron chi connectivity index (χ0n) is 16.1. The SMILES string of the molecule is CCCCCC(CC)[n+]1ccc(N(CCCC)CCCC)cc1. The number of pyridine rings is 1. The van der Waals surface area contributed by atoms with Crippen molar-refractivity contribution in [2.75, 3.05) is 18.0 Å². The van der Waals surface area contributed by atoms with Gasteiger partial charge in [0.05, 0.1) is 0 Å². The number of rotatable bonds is 13. The van der Waals surface area contributed by atoms with Crippen LogP contribution in [0.1, 0.15) is 91.5 Å². The van der Waals surface area contributed by atoms with Gasteiger partial charge in [0, 0.05) is 43.8 Å². The van der Waals surface area contributed by atoms with E-state index in [1.807, 2.05) is 0 Å². The summed E-state index contributed by atoms with van der Waals surface area (Å²) in [6.45, 7) is 11.5. The highest BCUT2D eigenvalue weighted by Crippen LogP contribution is 2.17. The van der Waals surface area contributed by atoms with Gasteiger partial charge < -0.3 is 4.90 Å². The van der Waals surface area contributed by atoms with Gasteiger partial charge in [0.2, 0.25) is 0 Å². The highest BCUT2D eigenvalue weighted by atomic mass is 15.1. The number of nitrogens with zero attached hydrogens (tertiary/aromatic N) is 2. The second-order valence-electron chi connectivity index (χ2n) is 6.76. The van der Waals surface area contributed by atoms with Gasteiger partial charge in [-0.15, -0.1) is 0 Å². The van der Waals surface area contributed by atoms with Crippen LogP contribution >= 0.6 is 0 Å². The molecule has 1 aromatic rings. The van der Waals surface area contributed by atoms with Gasteiger partial charge in [-0.3, -0.25) is 0 Å². The fraction of sp³-hybridized carbons (Fsp3) is 0.762. The van der Waals surface area contributed by atoms with Crippen LogP contribution in [0.2, 0.25) is 0 Å². The van der Waals surface area contributed by atoms with Crippen molar-refractivity contribution in [1.29, 1.82) is 0 Å². The van der Waals surface area contributed by atoms with Crippen LogP contribution in [0.5, 0.6) is 0 Å². The first-order valence-corrected chi connectivity index (χ1v) is 10.0. The number of anilines is 1. The largest absolute Gasteiger partial charge is 0.371 e. The van der Waals surface area contributed by atoms with Crippen molar-refractivity contribution in [1.82, 2.24) is 0 Å². The van der Waals surface area contributed by atoms with Crippen molar-refractivity contribution >= 4 is 5.69 Å². The van der Waals surface area contributed by atoms with Gasteiger partial charge >= 0.3 is 0 Å². The van der Waals surface area contributed by atoms with Crippen LogP contribution < -0.4 is 9.47 Å². The lowest BCUT2D eigenvalue weighted by Gasteiger charge is -2.24. The standard InChI is InChI=1S/C21H39N2/c1-5-9-12-13-20(8-4)23-18-14-21(15-19-23)22(16-10-6-2)17-11-7-3/h14-15,18-20H,5-13,16-17H2,1-4H3/q+1. The minimum absolute atomic E-state index is 0.662. The molecule has 1 atom stereocenters. The van der Waals surface area contributed by atoms with Gasteiger partial charge in [-0.05, 0) is 19.3 Å². The fourth-order valence-electron chi connectivity index (χ4n) is 3.15. The molecule has 0 aliphatic heterocycles. The summed E-state index contributed by atoms with van der Waals surface area (Å²) in [6, 6.07) is 5.32. The second kappa shape index (κ2) is 12.4. The van der Waals surface area contributed by atoms with Crippen molar-refractivity contribution in [3.05, 3.63) is 24.5 Å². The van der Waals surface area contributed by atoms with E-state index in [1.54, 1.807) is 0 Å². The molecule has 0 saturated carbocycles. The molecular formula is C21H39N2+. The molecule has 0 spiro atoms. The lowest BCUT2D eigenvalue weighted by molar-refractivity contribution is -0.724. The molecule has 23 heavy (non-hydrogen) atoms. The highest BCUT2D eigenvalue weighted by molar-refractivity contribution is 5.43. The van der Waals surface area contributed by atoms with E-state index >= 15 is 0 Å². The number of hydrogen-bond donors (Lipinski definition) is 0. The molecule has 0 bridgehead atoms. The van der Waals surface area contributed by atoms with Gasteiger partial charge in [0.25, 0.3) is 0 Å². The first kappa shape index (κ1) is 20.0. The molecule has 0 saturated heterocycles. The quantitative estimate of drug-likeness (QED) is 0.324. The molecular weight excluding hydrogens is 280 g/mol. The zero-order valence-corrected chi connectivity index (χ0v) is 16.1. The van der Waals surface area contributed by atoms with E-state index in [0.29, 0.717) is 6.04 Å². The third kappa shape index (κ3) is 7.37. The zero-order chi connectivity index (χ0) is 16.9. The first-order valence-electron chi connectivity index (χ1n) is 10.0. The Kier molecular flexibility index (Phi) is 10.8. The van der Waals surface area contributed by atoms with Crippen LogP contribution in [0, 0.1) is 0 Å². The summed E-state index contributed by atoms with van der Waals surface area (Å²) in [5, 5.41) is 0. The number of unbranched alkanes of at least 4 members (excludes halogenated alkanes) is 4. The molecule has 132 valence electrons. The molecule has 0 amide bonds. The van der Waals surface area contributed by atoms with E-state index in [4.69, 9.17) is 0 Å². The van der Waals surface area contributed by atoms with E-state index in [0.717, 1.165) is 0 Å². The topological polar surface area (TPSA) is 7.12 Å². The molecule has 1 aromatic heterocycles. The van der Waals surface area contributed by atoms with E-state index < -0.39 is 0 Å². The van der Waals surface area contributed by atoms with Gasteiger partial charge in [-0.25, -0.2) is 4.57 Å². The third-order valence-corrected chi connectivity index (χ3v) is 4.80. The van der Waals surface area contributed by atoms with Crippen LogP contribution in [0.15, 0.2) is 24.5 Å². The van der Waals surface area contributed by atoms with E-state index in [2.05, 4.69) is 61.7 Å². The maximum atomic E-state index is 2.56. The summed E-state index contributed by atoms with van der Waals surface area (Å²) in [4.78, 5) is 2.56. The molecule has 0 N–H and O–H groups in total. The fourth-order valence-corrected chi connectivity index (χ4v) is 3.15. The molecule has 0 aromatic carbocycles. The predicted molar refractivity (Wildman–Crippen MR) is 102 cm³/mol. The Labute approximate surface area is 144 Å². The molecule has 0 aliphatic carbocycles. The van der Waals surface area contributed by atoms with Gasteiger partial charge in [-0.1, -0.05) is 53.4 Å². The minimum atomic E-state index is 0.662. The number of aromatic nitrogens is 1. The molecule has 1 unspecified atom stereocenters. The predicted octanol–water partition coefficient (Wildman–Crippen LogP) is 5.91. The summed E-state index contributed by atoms with van der Waals surface area (Å²) in [5.74, 6) is 0. The van der Waals surface area contributed by atoms with Crippen LogP contribution in [-0.2, 0) is 0 Å². The van der Waals surface area contributed by atoms with E-state index in [-0.39, 0.29) is 0 Å². The average Bonchev–Trinajstić information content (AvgIpc) is 2.59. The van der Waals surface area contributed by atoms with Crippen LogP contribution in [0.3, 0.4) is 0 Å². The molecule has 0 radical (unpaired) electrons. The van der Waals surface area contributed by atoms with Crippen molar-refractivity contribution in [2.24, 2.45) is 0 Å². The Morgan fingerprint density at radius 1 is 0.826 bits per heavy atom. The van der Waals surface area contributed by atoms with Crippen molar-refractivity contribution < 1.29 is 4.57 Å². The summed E-state index contributed by atoms with van der Waals surface area (Å²) < 4.78 is 2.43. The Bertz CT molecular complexity index is 377. The van der Waals surface area contributed by atoms with Gasteiger partial charge in [0.1, 0.15) is 0 Å². The maximum Gasteiger partial charge on any atom is 0.171 e. The monoisotopic (exact) mass is 319 g/mol. The average molecular weight is 320 g/mol.